The Morgan fingerprint density at radius 3 is 2.23 bits per heavy atom. The summed E-state index contributed by atoms with van der Waals surface area (Å²) in [6, 6.07) is 22.6. The molecule has 1 spiro atoms. The summed E-state index contributed by atoms with van der Waals surface area (Å²) in [6.07, 6.45) is 3.47. The van der Waals surface area contributed by atoms with E-state index >= 15 is 0 Å². The number of amides is 1. The number of rotatable bonds is 8. The molecule has 0 aromatic heterocycles. The molecule has 9 nitrogen and oxygen atoms in total. The van der Waals surface area contributed by atoms with Crippen molar-refractivity contribution >= 4 is 23.6 Å². The maximum absolute atomic E-state index is 13.6. The molecule has 1 amide bonds. The fourth-order valence-corrected chi connectivity index (χ4v) is 5.66. The molecule has 220 valence electrons. The number of carbonyl (C=O) groups is 3. The summed E-state index contributed by atoms with van der Waals surface area (Å²) in [5.41, 5.74) is 3.10. The predicted molar refractivity (Wildman–Crippen MR) is 154 cm³/mol. The van der Waals surface area contributed by atoms with Crippen LogP contribution in [0, 0.1) is 11.7 Å². The number of nitrogens with zero attached hydrogens (tertiary/aromatic N) is 3. The maximum Gasteiger partial charge on any atom is 0.375 e. The van der Waals surface area contributed by atoms with Gasteiger partial charge in [-0.15, -0.1) is 0 Å². The van der Waals surface area contributed by atoms with E-state index in [-0.39, 0.29) is 24.2 Å². The van der Waals surface area contributed by atoms with Crippen molar-refractivity contribution in [2.24, 2.45) is 11.1 Å². The van der Waals surface area contributed by atoms with Crippen molar-refractivity contribution in [3.63, 3.8) is 0 Å². The molecule has 0 atom stereocenters. The van der Waals surface area contributed by atoms with Crippen LogP contribution in [0.15, 0.2) is 96.2 Å². The first-order chi connectivity index (χ1) is 20.9. The summed E-state index contributed by atoms with van der Waals surface area (Å²) < 4.78 is 24.9. The minimum absolute atomic E-state index is 0.0561. The van der Waals surface area contributed by atoms with Crippen LogP contribution < -0.4 is 0 Å². The molecule has 0 unspecified atom stereocenters. The van der Waals surface area contributed by atoms with Crippen molar-refractivity contribution in [1.82, 2.24) is 9.80 Å². The van der Waals surface area contributed by atoms with Crippen LogP contribution in [0.2, 0.25) is 0 Å². The molecule has 0 N–H and O–H groups in total. The van der Waals surface area contributed by atoms with E-state index in [9.17, 15) is 18.8 Å². The van der Waals surface area contributed by atoms with Gasteiger partial charge in [-0.3, -0.25) is 14.6 Å². The highest BCUT2D eigenvalue weighted by Gasteiger charge is 2.57. The van der Waals surface area contributed by atoms with Gasteiger partial charge in [0.05, 0.1) is 11.1 Å². The van der Waals surface area contributed by atoms with Crippen LogP contribution >= 0.6 is 0 Å². The molecule has 43 heavy (non-hydrogen) atoms. The summed E-state index contributed by atoms with van der Waals surface area (Å²) in [7, 11) is 0. The Morgan fingerprint density at radius 1 is 0.884 bits per heavy atom. The normalized spacial score (nSPS) is 18.8. The number of esters is 2. The van der Waals surface area contributed by atoms with Crippen molar-refractivity contribution in [2.45, 2.75) is 25.4 Å². The maximum atomic E-state index is 13.6. The van der Waals surface area contributed by atoms with Crippen LogP contribution in [0.1, 0.15) is 39.9 Å². The number of carbonyl (C=O) groups excluding carboxylic acids is 3. The summed E-state index contributed by atoms with van der Waals surface area (Å²) in [4.78, 5) is 47.7. The van der Waals surface area contributed by atoms with E-state index in [1.54, 1.807) is 36.4 Å². The monoisotopic (exact) mass is 583 g/mol. The van der Waals surface area contributed by atoms with E-state index in [1.165, 1.54) is 17.0 Å². The van der Waals surface area contributed by atoms with E-state index in [2.05, 4.69) is 10.1 Å². The topological polar surface area (TPSA) is 97.7 Å². The number of hydrogen-bond donors (Lipinski definition) is 0. The Labute approximate surface area is 248 Å². The minimum atomic E-state index is -1.94. The summed E-state index contributed by atoms with van der Waals surface area (Å²) in [6.45, 7) is 2.44. The van der Waals surface area contributed by atoms with Crippen LogP contribution in [-0.2, 0) is 36.4 Å². The molecule has 1 fully saturated rings. The third-order valence-corrected chi connectivity index (χ3v) is 7.88. The van der Waals surface area contributed by atoms with Crippen LogP contribution in [-0.4, -0.2) is 59.5 Å². The lowest BCUT2D eigenvalue weighted by molar-refractivity contribution is -0.274. The first-order valence-corrected chi connectivity index (χ1v) is 14.2. The smallest absolute Gasteiger partial charge is 0.375 e. The molecule has 0 saturated carbocycles. The largest absolute Gasteiger partial charge is 0.396 e. The van der Waals surface area contributed by atoms with Gasteiger partial charge in [-0.2, -0.15) is 0 Å². The van der Waals surface area contributed by atoms with Gasteiger partial charge in [0.2, 0.25) is 0 Å². The average molecular weight is 584 g/mol. The number of likely N-dealkylation sites (tertiary alicyclic amines) is 1. The van der Waals surface area contributed by atoms with Gasteiger partial charge in [-0.1, -0.05) is 59.8 Å². The standard InChI is InChI=1S/C33H30FN3O6/c34-26-12-10-25(11-13-26)29(35-41-22-24-6-2-1-3-7-24)21-36-18-16-23(17-19-36)20-37-32(40)27-8-4-5-9-28(27)33(37)42-30(38)14-15-31(39)43-33/h1-15,23H,16-22H2/b35-29-. The van der Waals surface area contributed by atoms with Gasteiger partial charge in [-0.25, -0.2) is 14.0 Å². The number of piperidine rings is 1. The number of hydrogen-bond acceptors (Lipinski definition) is 8. The molecule has 3 aromatic rings. The van der Waals surface area contributed by atoms with Crippen LogP contribution in [0.3, 0.4) is 0 Å². The van der Waals surface area contributed by atoms with Gasteiger partial charge in [0.25, 0.3) is 5.91 Å². The SMILES string of the molecule is O=C1C=CC(=O)OC2(O1)c1ccccc1C(=O)N2CC1CCN(C/C(=N/OCc2ccccc2)c2ccc(F)cc2)CC1. The fourth-order valence-electron chi connectivity index (χ4n) is 5.66. The highest BCUT2D eigenvalue weighted by Crippen LogP contribution is 2.43. The van der Waals surface area contributed by atoms with E-state index in [4.69, 9.17) is 14.3 Å². The lowest BCUT2D eigenvalue weighted by atomic mass is 9.95. The van der Waals surface area contributed by atoms with E-state index in [0.717, 1.165) is 36.1 Å². The number of fused-ring (bicyclic) bond motifs is 2. The number of benzene rings is 3. The molecule has 1 saturated heterocycles. The molecular formula is C33H30FN3O6. The van der Waals surface area contributed by atoms with Crippen molar-refractivity contribution < 1.29 is 33.1 Å². The van der Waals surface area contributed by atoms with Gasteiger partial charge < -0.3 is 14.3 Å². The fraction of sp³-hybridized carbons (Fsp3) is 0.273. The Morgan fingerprint density at radius 2 is 1.53 bits per heavy atom. The third-order valence-electron chi connectivity index (χ3n) is 7.88. The second-order valence-electron chi connectivity index (χ2n) is 10.7. The van der Waals surface area contributed by atoms with Crippen LogP contribution in [0.5, 0.6) is 0 Å². The zero-order valence-corrected chi connectivity index (χ0v) is 23.4. The quantitative estimate of drug-likeness (QED) is 0.221. The van der Waals surface area contributed by atoms with Gasteiger partial charge in [-0.05, 0) is 61.7 Å². The Bertz CT molecular complexity index is 1540. The van der Waals surface area contributed by atoms with E-state index in [1.807, 2.05) is 30.3 Å². The Hall–Kier alpha value is -4.83. The van der Waals surface area contributed by atoms with Gasteiger partial charge >= 0.3 is 17.8 Å². The zero-order valence-electron chi connectivity index (χ0n) is 23.4. The van der Waals surface area contributed by atoms with E-state index in [0.29, 0.717) is 43.1 Å². The molecule has 3 aromatic carbocycles. The summed E-state index contributed by atoms with van der Waals surface area (Å²) in [5, 5.41) is 4.43. The summed E-state index contributed by atoms with van der Waals surface area (Å²) >= 11 is 0. The molecule has 0 aliphatic carbocycles. The van der Waals surface area contributed by atoms with Crippen molar-refractivity contribution in [3.8, 4) is 0 Å². The molecule has 0 radical (unpaired) electrons. The second-order valence-corrected chi connectivity index (χ2v) is 10.7. The molecule has 6 rings (SSSR count). The summed E-state index contributed by atoms with van der Waals surface area (Å²) in [5.74, 6) is -4.11. The first-order valence-electron chi connectivity index (χ1n) is 14.2. The molecule has 3 heterocycles. The Balaban J connectivity index is 1.14. The van der Waals surface area contributed by atoms with Gasteiger partial charge in [0.1, 0.15) is 18.1 Å². The van der Waals surface area contributed by atoms with Gasteiger partial charge in [0, 0.05) is 30.8 Å². The highest BCUT2D eigenvalue weighted by molar-refractivity contribution is 6.02. The van der Waals surface area contributed by atoms with Crippen molar-refractivity contribution in [3.05, 3.63) is 119 Å². The predicted octanol–water partition coefficient (Wildman–Crippen LogP) is 4.38. The Kier molecular flexibility index (Phi) is 8.02. The van der Waals surface area contributed by atoms with E-state index < -0.39 is 17.8 Å². The van der Waals surface area contributed by atoms with Crippen molar-refractivity contribution in [2.75, 3.05) is 26.2 Å². The number of ether oxygens (including phenoxy) is 2. The molecule has 3 aliphatic heterocycles. The molecule has 0 bridgehead atoms. The number of oxime groups is 1. The van der Waals surface area contributed by atoms with Gasteiger partial charge in [0.15, 0.2) is 0 Å². The highest BCUT2D eigenvalue weighted by atomic mass is 19.1. The molecule has 3 aliphatic rings. The lowest BCUT2D eigenvalue weighted by Gasteiger charge is -2.39. The lowest BCUT2D eigenvalue weighted by Crippen LogP contribution is -2.52. The molecule has 10 heteroatoms. The molecular weight excluding hydrogens is 553 g/mol. The third kappa shape index (κ3) is 6.05. The first kappa shape index (κ1) is 28.3. The van der Waals surface area contributed by atoms with Crippen LogP contribution in [0.4, 0.5) is 4.39 Å². The number of halogens is 1. The van der Waals surface area contributed by atoms with Crippen molar-refractivity contribution in [1.29, 1.82) is 0 Å². The zero-order chi connectivity index (χ0) is 29.8. The van der Waals surface area contributed by atoms with Crippen LogP contribution in [0.25, 0.3) is 0 Å². The minimum Gasteiger partial charge on any atom is -0.396 e. The average Bonchev–Trinajstić information content (AvgIpc) is 3.12. The second kappa shape index (κ2) is 12.2.